The van der Waals surface area contributed by atoms with Crippen molar-refractivity contribution in [3.63, 3.8) is 0 Å². The summed E-state index contributed by atoms with van der Waals surface area (Å²) in [5, 5.41) is 6.77. The van der Waals surface area contributed by atoms with E-state index in [2.05, 4.69) is 20.6 Å². The molecule has 0 spiro atoms. The zero-order chi connectivity index (χ0) is 16.8. The van der Waals surface area contributed by atoms with Gasteiger partial charge in [0.25, 0.3) is 5.91 Å². The zero-order valence-corrected chi connectivity index (χ0v) is 14.3. The number of anilines is 1. The lowest BCUT2D eigenvalue weighted by Gasteiger charge is -2.10. The second kappa shape index (κ2) is 7.92. The number of aromatic nitrogens is 2. The van der Waals surface area contributed by atoms with Gasteiger partial charge in [0.1, 0.15) is 17.3 Å². The van der Waals surface area contributed by atoms with Crippen LogP contribution in [0.4, 0.5) is 5.82 Å². The van der Waals surface area contributed by atoms with Crippen molar-refractivity contribution < 1.29 is 4.79 Å². The molecule has 6 heteroatoms. The third-order valence-corrected chi connectivity index (χ3v) is 3.38. The third kappa shape index (κ3) is 5.53. The van der Waals surface area contributed by atoms with E-state index in [9.17, 15) is 4.79 Å². The number of hydrogen-bond acceptors (Lipinski definition) is 4. The summed E-state index contributed by atoms with van der Waals surface area (Å²) in [6.07, 6.45) is 0. The molecule has 0 fully saturated rings. The van der Waals surface area contributed by atoms with Crippen LogP contribution in [0.1, 0.15) is 35.7 Å². The number of hydrogen-bond donors (Lipinski definition) is 2. The summed E-state index contributed by atoms with van der Waals surface area (Å²) in [6.45, 7) is 7.08. The minimum absolute atomic E-state index is 0.182. The smallest absolute Gasteiger partial charge is 0.270 e. The van der Waals surface area contributed by atoms with Crippen LogP contribution in [0.15, 0.2) is 30.3 Å². The molecule has 0 saturated heterocycles. The van der Waals surface area contributed by atoms with Crippen LogP contribution in [-0.2, 0) is 6.54 Å². The maximum absolute atomic E-state index is 12.1. The first-order valence-corrected chi connectivity index (χ1v) is 7.94. The summed E-state index contributed by atoms with van der Waals surface area (Å²) in [6, 6.07) is 9.24. The first-order valence-electron chi connectivity index (χ1n) is 7.56. The molecular formula is C17H21ClN4O. The summed E-state index contributed by atoms with van der Waals surface area (Å²) >= 11 is 5.87. The van der Waals surface area contributed by atoms with Gasteiger partial charge in [-0.25, -0.2) is 9.97 Å². The minimum Gasteiger partial charge on any atom is -0.366 e. The van der Waals surface area contributed by atoms with Crippen molar-refractivity contribution in [2.75, 3.05) is 11.9 Å². The van der Waals surface area contributed by atoms with Gasteiger partial charge in [-0.2, -0.15) is 0 Å². The van der Waals surface area contributed by atoms with Gasteiger partial charge >= 0.3 is 0 Å². The van der Waals surface area contributed by atoms with Gasteiger partial charge in [0.15, 0.2) is 0 Å². The van der Waals surface area contributed by atoms with Crippen LogP contribution in [0.25, 0.3) is 0 Å². The largest absolute Gasteiger partial charge is 0.366 e. The van der Waals surface area contributed by atoms with E-state index in [1.54, 1.807) is 13.0 Å². The fourth-order valence-electron chi connectivity index (χ4n) is 1.96. The molecular weight excluding hydrogens is 312 g/mol. The van der Waals surface area contributed by atoms with E-state index in [-0.39, 0.29) is 5.91 Å². The number of nitrogens with zero attached hydrogens (tertiary/aromatic N) is 2. The fourth-order valence-corrected chi connectivity index (χ4v) is 2.08. The van der Waals surface area contributed by atoms with Crippen LogP contribution in [0.2, 0.25) is 5.02 Å². The summed E-state index contributed by atoms with van der Waals surface area (Å²) < 4.78 is 0. The van der Waals surface area contributed by atoms with Crippen LogP contribution in [0.5, 0.6) is 0 Å². The lowest BCUT2D eigenvalue weighted by Crippen LogP contribution is -2.28. The molecule has 0 radical (unpaired) electrons. The highest BCUT2D eigenvalue weighted by molar-refractivity contribution is 6.30. The van der Waals surface area contributed by atoms with Gasteiger partial charge in [-0.1, -0.05) is 37.6 Å². The number of nitrogens with one attached hydrogen (secondary N) is 2. The maximum Gasteiger partial charge on any atom is 0.270 e. The minimum atomic E-state index is -0.182. The van der Waals surface area contributed by atoms with Gasteiger partial charge in [0.05, 0.1) is 0 Å². The Morgan fingerprint density at radius 3 is 2.57 bits per heavy atom. The van der Waals surface area contributed by atoms with E-state index in [1.165, 1.54) is 0 Å². The molecule has 5 nitrogen and oxygen atoms in total. The van der Waals surface area contributed by atoms with Gasteiger partial charge in [-0.15, -0.1) is 0 Å². The van der Waals surface area contributed by atoms with Crippen molar-refractivity contribution in [1.82, 2.24) is 15.3 Å². The molecule has 1 amide bonds. The lowest BCUT2D eigenvalue weighted by atomic mass is 10.2. The Morgan fingerprint density at radius 2 is 1.91 bits per heavy atom. The Hall–Kier alpha value is -2.14. The highest BCUT2D eigenvalue weighted by atomic mass is 35.5. The first kappa shape index (κ1) is 17.2. The van der Waals surface area contributed by atoms with E-state index in [4.69, 9.17) is 11.6 Å². The van der Waals surface area contributed by atoms with Crippen molar-refractivity contribution in [3.8, 4) is 0 Å². The van der Waals surface area contributed by atoms with E-state index in [0.717, 1.165) is 5.56 Å². The molecule has 0 aliphatic rings. The molecule has 0 atom stereocenters. The maximum atomic E-state index is 12.1. The molecule has 2 rings (SSSR count). The van der Waals surface area contributed by atoms with Gasteiger partial charge < -0.3 is 10.6 Å². The van der Waals surface area contributed by atoms with E-state index in [1.807, 2.05) is 38.1 Å². The van der Waals surface area contributed by atoms with E-state index >= 15 is 0 Å². The SMILES string of the molecule is Cc1nc(NCc2ccc(Cl)cc2)cc(C(=O)NCC(C)C)n1. The standard InChI is InChI=1S/C17H21ClN4O/c1-11(2)9-20-17(23)15-8-16(22-12(3)21-15)19-10-13-4-6-14(18)7-5-13/h4-8,11H,9-10H2,1-3H3,(H,20,23)(H,19,21,22). The molecule has 2 aromatic rings. The molecule has 0 bridgehead atoms. The van der Waals surface area contributed by atoms with Crippen LogP contribution >= 0.6 is 11.6 Å². The molecule has 1 aromatic heterocycles. The summed E-state index contributed by atoms with van der Waals surface area (Å²) in [5.74, 6) is 1.39. The van der Waals surface area contributed by atoms with Crippen molar-refractivity contribution in [2.45, 2.75) is 27.3 Å². The average Bonchev–Trinajstić information content (AvgIpc) is 2.51. The number of aryl methyl sites for hydroxylation is 1. The molecule has 0 saturated carbocycles. The molecule has 1 aromatic carbocycles. The van der Waals surface area contributed by atoms with Gasteiger partial charge in [-0.3, -0.25) is 4.79 Å². The molecule has 23 heavy (non-hydrogen) atoms. The Balaban J connectivity index is 2.04. The van der Waals surface area contributed by atoms with Crippen LogP contribution in [-0.4, -0.2) is 22.4 Å². The Kier molecular flexibility index (Phi) is 5.93. The van der Waals surface area contributed by atoms with Crippen molar-refractivity contribution in [3.05, 3.63) is 52.4 Å². The van der Waals surface area contributed by atoms with Crippen LogP contribution in [0.3, 0.4) is 0 Å². The quantitative estimate of drug-likeness (QED) is 0.850. The van der Waals surface area contributed by atoms with E-state index < -0.39 is 0 Å². The zero-order valence-electron chi connectivity index (χ0n) is 13.6. The van der Waals surface area contributed by atoms with Crippen molar-refractivity contribution in [2.24, 2.45) is 5.92 Å². The predicted octanol–water partition coefficient (Wildman–Crippen LogP) is 3.44. The number of benzene rings is 1. The second-order valence-corrected chi connectivity index (χ2v) is 6.21. The topological polar surface area (TPSA) is 66.9 Å². The van der Waals surface area contributed by atoms with Gasteiger partial charge in [0.2, 0.25) is 0 Å². The average molecular weight is 333 g/mol. The molecule has 1 heterocycles. The highest BCUT2D eigenvalue weighted by Gasteiger charge is 2.10. The predicted molar refractivity (Wildman–Crippen MR) is 92.7 cm³/mol. The monoisotopic (exact) mass is 332 g/mol. The first-order chi connectivity index (χ1) is 10.9. The van der Waals surface area contributed by atoms with Crippen LogP contribution < -0.4 is 10.6 Å². The third-order valence-electron chi connectivity index (χ3n) is 3.13. The molecule has 0 aliphatic carbocycles. The Morgan fingerprint density at radius 1 is 1.22 bits per heavy atom. The van der Waals surface area contributed by atoms with Crippen LogP contribution in [0, 0.1) is 12.8 Å². The fraction of sp³-hybridized carbons (Fsp3) is 0.353. The number of rotatable bonds is 6. The van der Waals surface area contributed by atoms with Gasteiger partial charge in [0, 0.05) is 24.2 Å². The lowest BCUT2D eigenvalue weighted by molar-refractivity contribution is 0.0943. The molecule has 122 valence electrons. The Bertz CT molecular complexity index is 671. The Labute approximate surface area is 141 Å². The number of amides is 1. The number of carbonyl (C=O) groups excluding carboxylic acids is 1. The van der Waals surface area contributed by atoms with Crippen molar-refractivity contribution >= 4 is 23.3 Å². The molecule has 2 N–H and O–H groups in total. The number of halogens is 1. The normalized spacial score (nSPS) is 10.7. The van der Waals surface area contributed by atoms with E-state index in [0.29, 0.717) is 41.4 Å². The molecule has 0 unspecified atom stereocenters. The van der Waals surface area contributed by atoms with Crippen molar-refractivity contribution in [1.29, 1.82) is 0 Å². The second-order valence-electron chi connectivity index (χ2n) is 5.77. The summed E-state index contributed by atoms with van der Waals surface area (Å²) in [5.41, 5.74) is 1.45. The summed E-state index contributed by atoms with van der Waals surface area (Å²) in [4.78, 5) is 20.6. The summed E-state index contributed by atoms with van der Waals surface area (Å²) in [7, 11) is 0. The number of carbonyl (C=O) groups is 1. The highest BCUT2D eigenvalue weighted by Crippen LogP contribution is 2.12. The molecule has 0 aliphatic heterocycles. The van der Waals surface area contributed by atoms with Gasteiger partial charge in [-0.05, 0) is 30.5 Å².